The first kappa shape index (κ1) is 17.0. The van der Waals surface area contributed by atoms with Crippen LogP contribution in [-0.2, 0) is 4.79 Å². The van der Waals surface area contributed by atoms with E-state index in [1.807, 2.05) is 60.3 Å². The van der Waals surface area contributed by atoms with Crippen molar-refractivity contribution in [3.05, 3.63) is 59.4 Å². The number of para-hydroxylation sites is 2. The average Bonchev–Trinajstić information content (AvgIpc) is 3.41. The second kappa shape index (κ2) is 6.49. The predicted octanol–water partition coefficient (Wildman–Crippen LogP) is 2.57. The van der Waals surface area contributed by atoms with Crippen LogP contribution in [0.15, 0.2) is 48.8 Å². The Morgan fingerprint density at radius 2 is 2.04 bits per heavy atom. The van der Waals surface area contributed by atoms with E-state index in [1.54, 1.807) is 0 Å². The summed E-state index contributed by atoms with van der Waals surface area (Å²) in [6, 6.07) is 11.3. The standard InChI is InChI=1S/C20H19N5O2S/c1-12-17(28-20(21-12)24-8-4-5-9-24)19(27)22-13-10-16-18(26)23-14-6-2-3-7-15(14)25(16)11-13/h2-9,13,16H,10-11H2,1H3,(H,22,27)(H,23,26)/t13-,16-/m1/s1. The SMILES string of the molecule is Cc1nc(-n2cccc2)sc1C(=O)N[C@@H]1C[C@@H]2C(=O)Nc3ccccc3N2C1. The van der Waals surface area contributed by atoms with E-state index in [-0.39, 0.29) is 23.9 Å². The van der Waals surface area contributed by atoms with Gasteiger partial charge in [0.2, 0.25) is 5.91 Å². The van der Waals surface area contributed by atoms with Crippen molar-refractivity contribution in [3.8, 4) is 5.13 Å². The van der Waals surface area contributed by atoms with Gasteiger partial charge in [0.05, 0.1) is 17.1 Å². The van der Waals surface area contributed by atoms with E-state index in [0.29, 0.717) is 23.5 Å². The molecule has 1 fully saturated rings. The first-order chi connectivity index (χ1) is 13.6. The Labute approximate surface area is 166 Å². The van der Waals surface area contributed by atoms with E-state index in [4.69, 9.17) is 0 Å². The maximum Gasteiger partial charge on any atom is 0.263 e. The Bertz CT molecular complexity index is 1060. The number of thiazole rings is 1. The Morgan fingerprint density at radius 3 is 2.86 bits per heavy atom. The number of carbonyl (C=O) groups is 2. The number of hydrogen-bond acceptors (Lipinski definition) is 5. The molecule has 0 spiro atoms. The maximum atomic E-state index is 12.9. The lowest BCUT2D eigenvalue weighted by Crippen LogP contribution is -2.44. The fourth-order valence-electron chi connectivity index (χ4n) is 3.92. The van der Waals surface area contributed by atoms with Crippen LogP contribution in [0, 0.1) is 6.92 Å². The van der Waals surface area contributed by atoms with Gasteiger partial charge in [-0.2, -0.15) is 0 Å². The molecule has 7 nitrogen and oxygen atoms in total. The second-order valence-corrected chi connectivity index (χ2v) is 8.06. The van der Waals surface area contributed by atoms with E-state index in [1.165, 1.54) is 11.3 Å². The summed E-state index contributed by atoms with van der Waals surface area (Å²) < 4.78 is 1.89. The van der Waals surface area contributed by atoms with Gasteiger partial charge in [-0.25, -0.2) is 4.98 Å². The highest BCUT2D eigenvalue weighted by Gasteiger charge is 2.41. The van der Waals surface area contributed by atoms with Crippen LogP contribution in [-0.4, -0.2) is 40.0 Å². The number of aromatic nitrogens is 2. The first-order valence-corrected chi connectivity index (χ1v) is 10.00. The van der Waals surface area contributed by atoms with E-state index in [2.05, 4.69) is 20.5 Å². The van der Waals surface area contributed by atoms with Gasteiger partial charge in [-0.1, -0.05) is 23.5 Å². The molecule has 2 atom stereocenters. The highest BCUT2D eigenvalue weighted by atomic mass is 32.1. The summed E-state index contributed by atoms with van der Waals surface area (Å²) in [5.74, 6) is -0.147. The van der Waals surface area contributed by atoms with Crippen LogP contribution < -0.4 is 15.5 Å². The molecule has 2 aliphatic rings. The molecule has 3 aromatic rings. The third-order valence-electron chi connectivity index (χ3n) is 5.23. The smallest absolute Gasteiger partial charge is 0.263 e. The molecule has 1 saturated heterocycles. The van der Waals surface area contributed by atoms with E-state index in [9.17, 15) is 9.59 Å². The third kappa shape index (κ3) is 2.77. The first-order valence-electron chi connectivity index (χ1n) is 9.18. The molecular formula is C20H19N5O2S. The number of nitrogens with one attached hydrogen (secondary N) is 2. The zero-order valence-corrected chi connectivity index (χ0v) is 16.1. The second-order valence-electron chi connectivity index (χ2n) is 7.08. The minimum atomic E-state index is -0.252. The quantitative estimate of drug-likeness (QED) is 0.717. The summed E-state index contributed by atoms with van der Waals surface area (Å²) in [6.45, 7) is 2.46. The van der Waals surface area contributed by atoms with Crippen LogP contribution >= 0.6 is 11.3 Å². The molecule has 0 aliphatic carbocycles. The lowest BCUT2D eigenvalue weighted by molar-refractivity contribution is -0.117. The number of fused-ring (bicyclic) bond motifs is 3. The summed E-state index contributed by atoms with van der Waals surface area (Å²) >= 11 is 1.37. The normalized spacial score (nSPS) is 20.5. The highest BCUT2D eigenvalue weighted by molar-refractivity contribution is 7.16. The lowest BCUT2D eigenvalue weighted by Gasteiger charge is -2.32. The van der Waals surface area contributed by atoms with Crippen LogP contribution in [0.5, 0.6) is 0 Å². The topological polar surface area (TPSA) is 79.3 Å². The number of nitrogens with zero attached hydrogens (tertiary/aromatic N) is 3. The van der Waals surface area contributed by atoms with Crippen LogP contribution in [0.1, 0.15) is 21.8 Å². The van der Waals surface area contributed by atoms with Gasteiger partial charge in [-0.3, -0.25) is 9.59 Å². The molecule has 0 unspecified atom stereocenters. The number of aryl methyl sites for hydroxylation is 1. The third-order valence-corrected chi connectivity index (χ3v) is 6.40. The molecular weight excluding hydrogens is 374 g/mol. The van der Waals surface area contributed by atoms with Crippen molar-refractivity contribution in [1.29, 1.82) is 0 Å². The molecule has 2 aromatic heterocycles. The molecule has 1 aromatic carbocycles. The summed E-state index contributed by atoms with van der Waals surface area (Å²) in [5, 5.41) is 6.83. The van der Waals surface area contributed by atoms with Crippen molar-refractivity contribution >= 4 is 34.5 Å². The van der Waals surface area contributed by atoms with Crippen LogP contribution in [0.3, 0.4) is 0 Å². The van der Waals surface area contributed by atoms with Crippen molar-refractivity contribution < 1.29 is 9.59 Å². The van der Waals surface area contributed by atoms with Crippen LogP contribution in [0.25, 0.3) is 5.13 Å². The van der Waals surface area contributed by atoms with Crippen molar-refractivity contribution in [2.45, 2.75) is 25.4 Å². The van der Waals surface area contributed by atoms with Crippen LogP contribution in [0.4, 0.5) is 11.4 Å². The van der Waals surface area contributed by atoms with Gasteiger partial charge in [-0.05, 0) is 37.6 Å². The predicted molar refractivity (Wildman–Crippen MR) is 108 cm³/mol. The van der Waals surface area contributed by atoms with Crippen molar-refractivity contribution in [2.75, 3.05) is 16.8 Å². The summed E-state index contributed by atoms with van der Waals surface area (Å²) in [4.78, 5) is 32.5. The molecule has 8 heteroatoms. The summed E-state index contributed by atoms with van der Waals surface area (Å²) in [7, 11) is 0. The molecule has 0 saturated carbocycles. The number of benzene rings is 1. The number of rotatable bonds is 3. The monoisotopic (exact) mass is 393 g/mol. The van der Waals surface area contributed by atoms with Gasteiger partial charge < -0.3 is 20.1 Å². The molecule has 0 radical (unpaired) electrons. The van der Waals surface area contributed by atoms with Crippen molar-refractivity contribution in [3.63, 3.8) is 0 Å². The van der Waals surface area contributed by atoms with Gasteiger partial charge in [0.15, 0.2) is 5.13 Å². The van der Waals surface area contributed by atoms with Crippen molar-refractivity contribution in [1.82, 2.24) is 14.9 Å². The van der Waals surface area contributed by atoms with E-state index < -0.39 is 0 Å². The molecule has 142 valence electrons. The summed E-state index contributed by atoms with van der Waals surface area (Å²) in [5.41, 5.74) is 2.54. The van der Waals surface area contributed by atoms with Gasteiger partial charge in [0.1, 0.15) is 10.9 Å². The fourth-order valence-corrected chi connectivity index (χ4v) is 4.85. The summed E-state index contributed by atoms with van der Waals surface area (Å²) in [6.07, 6.45) is 4.41. The lowest BCUT2D eigenvalue weighted by atomic mass is 10.1. The van der Waals surface area contributed by atoms with Crippen LogP contribution in [0.2, 0.25) is 0 Å². The molecule has 5 rings (SSSR count). The molecule has 2 amide bonds. The van der Waals surface area contributed by atoms with Crippen molar-refractivity contribution in [2.24, 2.45) is 0 Å². The Balaban J connectivity index is 1.34. The van der Waals surface area contributed by atoms with Gasteiger partial charge in [0, 0.05) is 25.0 Å². The molecule has 28 heavy (non-hydrogen) atoms. The largest absolute Gasteiger partial charge is 0.356 e. The highest BCUT2D eigenvalue weighted by Crippen LogP contribution is 2.36. The molecule has 4 heterocycles. The minimum Gasteiger partial charge on any atom is -0.356 e. The Morgan fingerprint density at radius 1 is 1.25 bits per heavy atom. The van der Waals surface area contributed by atoms with E-state index >= 15 is 0 Å². The minimum absolute atomic E-state index is 0.0145. The molecule has 2 aliphatic heterocycles. The zero-order valence-electron chi connectivity index (χ0n) is 15.3. The van der Waals surface area contributed by atoms with E-state index in [0.717, 1.165) is 16.5 Å². The molecule has 2 N–H and O–H groups in total. The van der Waals surface area contributed by atoms with Gasteiger partial charge in [-0.15, -0.1) is 0 Å². The number of anilines is 2. The Hall–Kier alpha value is -3.13. The fraction of sp³-hybridized carbons (Fsp3) is 0.250. The maximum absolute atomic E-state index is 12.9. The van der Waals surface area contributed by atoms with Gasteiger partial charge in [0.25, 0.3) is 5.91 Å². The number of amides is 2. The average molecular weight is 393 g/mol. The Kier molecular flexibility index (Phi) is 3.94. The number of hydrogen-bond donors (Lipinski definition) is 2. The molecule has 0 bridgehead atoms. The van der Waals surface area contributed by atoms with Gasteiger partial charge >= 0.3 is 0 Å². The number of carbonyl (C=O) groups excluding carboxylic acids is 2. The zero-order chi connectivity index (χ0) is 19.3.